The zero-order valence-electron chi connectivity index (χ0n) is 13.7. The zero-order valence-corrected chi connectivity index (χ0v) is 15.3. The van der Waals surface area contributed by atoms with Gasteiger partial charge in [-0.25, -0.2) is 16.8 Å². The molecule has 1 aromatic carbocycles. The molecule has 1 aromatic rings. The second-order valence-corrected chi connectivity index (χ2v) is 9.32. The van der Waals surface area contributed by atoms with Gasteiger partial charge in [0.2, 0.25) is 10.0 Å². The molecule has 0 saturated carbocycles. The zero-order chi connectivity index (χ0) is 18.5. The standard InChI is InChI=1S/C15H20N2O6S2/c1-24(19,20)12-2-7-16-15(18)13-3-5-14(6-4-13)25(21,22)17-8-10-23-11-9-17/h2-6,12H,7-11H2,1H3,(H,16,18)/b12-2+. The number of ether oxygens (including phenoxy) is 1. The molecule has 0 aromatic heterocycles. The topological polar surface area (TPSA) is 110 Å². The highest BCUT2D eigenvalue weighted by Gasteiger charge is 2.26. The summed E-state index contributed by atoms with van der Waals surface area (Å²) in [5.74, 6) is -0.423. The Morgan fingerprint density at radius 1 is 1.16 bits per heavy atom. The van der Waals surface area contributed by atoms with Crippen molar-refractivity contribution in [1.82, 2.24) is 9.62 Å². The average molecular weight is 388 g/mol. The van der Waals surface area contributed by atoms with Gasteiger partial charge in [0.1, 0.15) is 0 Å². The van der Waals surface area contributed by atoms with Crippen LogP contribution in [0.4, 0.5) is 0 Å². The lowest BCUT2D eigenvalue weighted by Crippen LogP contribution is -2.40. The minimum atomic E-state index is -3.60. The van der Waals surface area contributed by atoms with Crippen molar-refractivity contribution in [1.29, 1.82) is 0 Å². The summed E-state index contributed by atoms with van der Waals surface area (Å²) in [6, 6.07) is 5.60. The van der Waals surface area contributed by atoms with Gasteiger partial charge in [-0.15, -0.1) is 0 Å². The third-order valence-corrected chi connectivity index (χ3v) is 6.05. The van der Waals surface area contributed by atoms with Gasteiger partial charge in [0.05, 0.1) is 18.1 Å². The van der Waals surface area contributed by atoms with Crippen LogP contribution in [0, 0.1) is 0 Å². The third kappa shape index (κ3) is 5.63. The van der Waals surface area contributed by atoms with Crippen LogP contribution in [0.25, 0.3) is 0 Å². The first-order chi connectivity index (χ1) is 11.7. The Labute approximate surface area is 147 Å². The fourth-order valence-corrected chi connectivity index (χ4v) is 4.04. The smallest absolute Gasteiger partial charge is 0.251 e. The second-order valence-electron chi connectivity index (χ2n) is 5.45. The average Bonchev–Trinajstić information content (AvgIpc) is 2.58. The summed E-state index contributed by atoms with van der Waals surface area (Å²) in [6.45, 7) is 1.38. The molecule has 1 fully saturated rings. The molecular formula is C15H20N2O6S2. The van der Waals surface area contributed by atoms with Crippen LogP contribution in [0.15, 0.2) is 40.6 Å². The number of hydrogen-bond donors (Lipinski definition) is 1. The summed E-state index contributed by atoms with van der Waals surface area (Å²) in [6.07, 6.45) is 2.38. The molecule has 0 aliphatic carbocycles. The Kier molecular flexibility index (Phi) is 6.33. The van der Waals surface area contributed by atoms with E-state index in [0.29, 0.717) is 26.3 Å². The van der Waals surface area contributed by atoms with Crippen LogP contribution in [0.3, 0.4) is 0 Å². The van der Waals surface area contributed by atoms with Crippen molar-refractivity contribution in [3.8, 4) is 0 Å². The quantitative estimate of drug-likeness (QED) is 0.734. The Hall–Kier alpha value is -1.75. The Morgan fingerprint density at radius 3 is 2.32 bits per heavy atom. The first kappa shape index (κ1) is 19.6. The van der Waals surface area contributed by atoms with Gasteiger partial charge >= 0.3 is 0 Å². The fourth-order valence-electron chi connectivity index (χ4n) is 2.19. The molecule has 138 valence electrons. The second kappa shape index (κ2) is 8.09. The number of sulfonamides is 1. The predicted molar refractivity (Wildman–Crippen MR) is 92.3 cm³/mol. The van der Waals surface area contributed by atoms with Gasteiger partial charge in [-0.05, 0) is 24.3 Å². The first-order valence-corrected chi connectivity index (χ1v) is 10.9. The van der Waals surface area contributed by atoms with Gasteiger partial charge in [-0.1, -0.05) is 6.08 Å². The highest BCUT2D eigenvalue weighted by atomic mass is 32.2. The van der Waals surface area contributed by atoms with Crippen LogP contribution in [-0.2, 0) is 24.6 Å². The van der Waals surface area contributed by atoms with Crippen LogP contribution in [-0.4, -0.2) is 66.2 Å². The summed E-state index contributed by atoms with van der Waals surface area (Å²) in [5.41, 5.74) is 0.286. The summed E-state index contributed by atoms with van der Waals surface area (Å²) >= 11 is 0. The van der Waals surface area contributed by atoms with E-state index in [1.54, 1.807) is 0 Å². The van der Waals surface area contributed by atoms with Crippen LogP contribution < -0.4 is 5.32 Å². The number of sulfone groups is 1. The molecule has 0 radical (unpaired) electrons. The Morgan fingerprint density at radius 2 is 1.76 bits per heavy atom. The van der Waals surface area contributed by atoms with Crippen molar-refractivity contribution in [3.05, 3.63) is 41.3 Å². The maximum absolute atomic E-state index is 12.5. The molecule has 1 saturated heterocycles. The number of carbonyl (C=O) groups is 1. The molecule has 10 heteroatoms. The van der Waals surface area contributed by atoms with Crippen molar-refractivity contribution in [3.63, 3.8) is 0 Å². The number of carbonyl (C=O) groups excluding carboxylic acids is 1. The van der Waals surface area contributed by atoms with E-state index in [-0.39, 0.29) is 17.0 Å². The monoisotopic (exact) mass is 388 g/mol. The highest BCUT2D eigenvalue weighted by Crippen LogP contribution is 2.17. The molecule has 0 unspecified atom stereocenters. The van der Waals surface area contributed by atoms with E-state index < -0.39 is 25.8 Å². The molecule has 25 heavy (non-hydrogen) atoms. The number of rotatable bonds is 6. The highest BCUT2D eigenvalue weighted by molar-refractivity contribution is 7.93. The van der Waals surface area contributed by atoms with Crippen molar-refractivity contribution >= 4 is 25.8 Å². The molecule has 1 amide bonds. The van der Waals surface area contributed by atoms with E-state index in [9.17, 15) is 21.6 Å². The van der Waals surface area contributed by atoms with Gasteiger partial charge in [-0.2, -0.15) is 4.31 Å². The lowest BCUT2D eigenvalue weighted by Gasteiger charge is -2.26. The lowest BCUT2D eigenvalue weighted by molar-refractivity contribution is 0.0730. The maximum atomic E-state index is 12.5. The molecule has 2 rings (SSSR count). The van der Waals surface area contributed by atoms with Crippen molar-refractivity contribution in [2.75, 3.05) is 39.1 Å². The van der Waals surface area contributed by atoms with E-state index in [4.69, 9.17) is 4.74 Å². The van der Waals surface area contributed by atoms with E-state index in [1.165, 1.54) is 34.6 Å². The number of amides is 1. The van der Waals surface area contributed by atoms with Crippen LogP contribution in [0.5, 0.6) is 0 Å². The SMILES string of the molecule is CS(=O)(=O)/C=C/CNC(=O)c1ccc(S(=O)(=O)N2CCOCC2)cc1. The summed E-state index contributed by atoms with van der Waals surface area (Å²) in [7, 11) is -6.83. The largest absolute Gasteiger partial charge is 0.379 e. The molecule has 1 N–H and O–H groups in total. The molecule has 1 aliphatic rings. The molecule has 1 heterocycles. The normalized spacial score (nSPS) is 16.8. The molecule has 0 spiro atoms. The van der Waals surface area contributed by atoms with Crippen LogP contribution in [0.1, 0.15) is 10.4 Å². The van der Waals surface area contributed by atoms with Crippen molar-refractivity contribution in [2.24, 2.45) is 0 Å². The number of benzene rings is 1. The predicted octanol–water partition coefficient (Wildman–Crippen LogP) is -0.00440. The lowest BCUT2D eigenvalue weighted by atomic mass is 10.2. The van der Waals surface area contributed by atoms with Gasteiger partial charge in [-0.3, -0.25) is 4.79 Å². The summed E-state index contributed by atoms with van der Waals surface area (Å²) < 4.78 is 53.3. The minimum absolute atomic E-state index is 0.0553. The first-order valence-electron chi connectivity index (χ1n) is 7.53. The number of morpholine rings is 1. The maximum Gasteiger partial charge on any atom is 0.251 e. The van der Waals surface area contributed by atoms with Gasteiger partial charge in [0.15, 0.2) is 9.84 Å². The summed E-state index contributed by atoms with van der Waals surface area (Å²) in [5, 5.41) is 3.53. The van der Waals surface area contributed by atoms with E-state index in [0.717, 1.165) is 11.7 Å². The Bertz CT molecular complexity index is 839. The van der Waals surface area contributed by atoms with Crippen molar-refractivity contribution < 1.29 is 26.4 Å². The Balaban J connectivity index is 2.01. The van der Waals surface area contributed by atoms with Crippen LogP contribution >= 0.6 is 0 Å². The number of hydrogen-bond acceptors (Lipinski definition) is 6. The summed E-state index contributed by atoms with van der Waals surface area (Å²) in [4.78, 5) is 12.1. The van der Waals surface area contributed by atoms with Crippen LogP contribution in [0.2, 0.25) is 0 Å². The minimum Gasteiger partial charge on any atom is -0.379 e. The fraction of sp³-hybridized carbons (Fsp3) is 0.400. The van der Waals surface area contributed by atoms with Gasteiger partial charge < -0.3 is 10.1 Å². The molecule has 0 bridgehead atoms. The molecular weight excluding hydrogens is 368 g/mol. The van der Waals surface area contributed by atoms with Gasteiger partial charge in [0.25, 0.3) is 5.91 Å². The third-order valence-electron chi connectivity index (χ3n) is 3.45. The van der Waals surface area contributed by atoms with Crippen molar-refractivity contribution in [2.45, 2.75) is 4.90 Å². The van der Waals surface area contributed by atoms with E-state index >= 15 is 0 Å². The van der Waals surface area contributed by atoms with E-state index in [2.05, 4.69) is 5.32 Å². The number of nitrogens with one attached hydrogen (secondary N) is 1. The molecule has 0 atom stereocenters. The molecule has 1 aliphatic heterocycles. The molecule has 8 nitrogen and oxygen atoms in total. The van der Waals surface area contributed by atoms with E-state index in [1.807, 2.05) is 0 Å². The van der Waals surface area contributed by atoms with Gasteiger partial charge in [0, 0.05) is 36.9 Å². The number of nitrogens with zero attached hydrogens (tertiary/aromatic N) is 1.